The SMILES string of the molecule is CNCC[C@H](NCC(=O)N1CCCc2ccccc21)c1ccccc1. The molecule has 25 heavy (non-hydrogen) atoms. The highest BCUT2D eigenvalue weighted by atomic mass is 16.2. The first-order chi connectivity index (χ1) is 12.3. The summed E-state index contributed by atoms with van der Waals surface area (Å²) in [4.78, 5) is 14.8. The molecule has 0 unspecified atom stereocenters. The second-order valence-electron chi connectivity index (χ2n) is 6.51. The molecule has 0 saturated carbocycles. The van der Waals surface area contributed by atoms with Crippen LogP contribution < -0.4 is 15.5 Å². The maximum absolute atomic E-state index is 12.8. The van der Waals surface area contributed by atoms with E-state index in [9.17, 15) is 4.79 Å². The van der Waals surface area contributed by atoms with Crippen LogP contribution in [0, 0.1) is 0 Å². The van der Waals surface area contributed by atoms with Crippen LogP contribution in [0.4, 0.5) is 5.69 Å². The van der Waals surface area contributed by atoms with Gasteiger partial charge in [0.2, 0.25) is 5.91 Å². The number of carbonyl (C=O) groups is 1. The molecule has 1 aliphatic heterocycles. The van der Waals surface area contributed by atoms with Crippen molar-refractivity contribution in [3.05, 3.63) is 65.7 Å². The van der Waals surface area contributed by atoms with Crippen LogP contribution in [-0.4, -0.2) is 32.6 Å². The summed E-state index contributed by atoms with van der Waals surface area (Å²) in [6.45, 7) is 2.08. The van der Waals surface area contributed by atoms with Crippen molar-refractivity contribution >= 4 is 11.6 Å². The lowest BCUT2D eigenvalue weighted by molar-refractivity contribution is -0.118. The molecule has 0 aliphatic carbocycles. The van der Waals surface area contributed by atoms with Crippen molar-refractivity contribution in [2.75, 3.05) is 31.6 Å². The van der Waals surface area contributed by atoms with E-state index in [-0.39, 0.29) is 11.9 Å². The molecule has 1 aliphatic rings. The Hall–Kier alpha value is -2.17. The van der Waals surface area contributed by atoms with Crippen LogP contribution in [0.25, 0.3) is 0 Å². The van der Waals surface area contributed by atoms with E-state index in [0.29, 0.717) is 6.54 Å². The third kappa shape index (κ3) is 4.47. The van der Waals surface area contributed by atoms with Crippen molar-refractivity contribution in [3.8, 4) is 0 Å². The van der Waals surface area contributed by atoms with Crippen molar-refractivity contribution < 1.29 is 4.79 Å². The number of rotatable bonds is 7. The number of nitrogens with one attached hydrogen (secondary N) is 2. The number of anilines is 1. The van der Waals surface area contributed by atoms with E-state index in [1.807, 2.05) is 42.3 Å². The van der Waals surface area contributed by atoms with Crippen LogP contribution in [0.5, 0.6) is 0 Å². The van der Waals surface area contributed by atoms with Crippen molar-refractivity contribution in [1.29, 1.82) is 0 Å². The minimum atomic E-state index is 0.150. The van der Waals surface area contributed by atoms with E-state index in [0.717, 1.165) is 38.0 Å². The summed E-state index contributed by atoms with van der Waals surface area (Å²) in [5.41, 5.74) is 3.58. The van der Waals surface area contributed by atoms with Crippen LogP contribution >= 0.6 is 0 Å². The monoisotopic (exact) mass is 337 g/mol. The largest absolute Gasteiger partial charge is 0.320 e. The summed E-state index contributed by atoms with van der Waals surface area (Å²) < 4.78 is 0. The molecular weight excluding hydrogens is 310 g/mol. The maximum Gasteiger partial charge on any atom is 0.240 e. The predicted molar refractivity (Wildman–Crippen MR) is 103 cm³/mol. The summed E-state index contributed by atoms with van der Waals surface area (Å²) in [7, 11) is 1.96. The fourth-order valence-corrected chi connectivity index (χ4v) is 3.46. The molecule has 2 aromatic carbocycles. The molecule has 3 rings (SSSR count). The normalized spacial score (nSPS) is 14.8. The van der Waals surface area contributed by atoms with E-state index in [1.54, 1.807) is 0 Å². The molecule has 0 spiro atoms. The van der Waals surface area contributed by atoms with Gasteiger partial charge >= 0.3 is 0 Å². The average Bonchev–Trinajstić information content (AvgIpc) is 2.68. The number of hydrogen-bond donors (Lipinski definition) is 2. The first-order valence-electron chi connectivity index (χ1n) is 9.11. The number of amides is 1. The molecule has 2 N–H and O–H groups in total. The highest BCUT2D eigenvalue weighted by Gasteiger charge is 2.22. The quantitative estimate of drug-likeness (QED) is 0.816. The van der Waals surface area contributed by atoms with Crippen LogP contribution in [-0.2, 0) is 11.2 Å². The van der Waals surface area contributed by atoms with Crippen LogP contribution in [0.15, 0.2) is 54.6 Å². The van der Waals surface area contributed by atoms with Gasteiger partial charge in [-0.05, 0) is 50.0 Å². The maximum atomic E-state index is 12.8. The number of benzene rings is 2. The standard InChI is InChI=1S/C21H27N3O/c1-22-14-13-19(17-8-3-2-4-9-17)23-16-21(25)24-15-7-11-18-10-5-6-12-20(18)24/h2-6,8-10,12,19,22-23H,7,11,13-16H2,1H3/t19-/m0/s1. The Balaban J connectivity index is 1.66. The second kappa shape index (κ2) is 8.79. The van der Waals surface area contributed by atoms with Crippen molar-refractivity contribution in [2.45, 2.75) is 25.3 Å². The van der Waals surface area contributed by atoms with Gasteiger partial charge in [-0.15, -0.1) is 0 Å². The molecule has 4 heteroatoms. The Morgan fingerprint density at radius 3 is 2.68 bits per heavy atom. The molecule has 2 aromatic rings. The molecule has 0 saturated heterocycles. The molecule has 1 amide bonds. The first kappa shape index (κ1) is 17.6. The Bertz CT molecular complexity index is 687. The Morgan fingerprint density at radius 1 is 1.12 bits per heavy atom. The molecule has 132 valence electrons. The lowest BCUT2D eigenvalue weighted by atomic mass is 10.0. The van der Waals surface area contributed by atoms with Crippen molar-refractivity contribution in [2.24, 2.45) is 0 Å². The van der Waals surface area contributed by atoms with Gasteiger partial charge in [0, 0.05) is 18.3 Å². The number of hydrogen-bond acceptors (Lipinski definition) is 3. The number of nitrogens with zero attached hydrogens (tertiary/aromatic N) is 1. The van der Waals surface area contributed by atoms with Gasteiger partial charge in [-0.25, -0.2) is 0 Å². The van der Waals surface area contributed by atoms with E-state index in [1.165, 1.54) is 11.1 Å². The van der Waals surface area contributed by atoms with Gasteiger partial charge in [-0.3, -0.25) is 4.79 Å². The third-order valence-corrected chi connectivity index (χ3v) is 4.80. The minimum Gasteiger partial charge on any atom is -0.320 e. The number of aryl methyl sites for hydroxylation is 1. The summed E-state index contributed by atoms with van der Waals surface area (Å²) >= 11 is 0. The van der Waals surface area contributed by atoms with E-state index in [2.05, 4.69) is 34.9 Å². The zero-order chi connectivity index (χ0) is 17.5. The van der Waals surface area contributed by atoms with E-state index >= 15 is 0 Å². The lowest BCUT2D eigenvalue weighted by Crippen LogP contribution is -2.42. The Kier molecular flexibility index (Phi) is 6.20. The molecule has 1 heterocycles. The zero-order valence-corrected chi connectivity index (χ0v) is 14.9. The van der Waals surface area contributed by atoms with Gasteiger partial charge < -0.3 is 15.5 Å². The Labute approximate surface area is 150 Å². The fourth-order valence-electron chi connectivity index (χ4n) is 3.46. The highest BCUT2D eigenvalue weighted by molar-refractivity contribution is 5.95. The smallest absolute Gasteiger partial charge is 0.240 e. The van der Waals surface area contributed by atoms with Crippen LogP contribution in [0.3, 0.4) is 0 Å². The zero-order valence-electron chi connectivity index (χ0n) is 14.9. The predicted octanol–water partition coefficient (Wildman–Crippen LogP) is 2.91. The molecule has 0 bridgehead atoms. The van der Waals surface area contributed by atoms with Gasteiger partial charge in [-0.2, -0.15) is 0 Å². The van der Waals surface area contributed by atoms with Crippen LogP contribution in [0.1, 0.15) is 30.0 Å². The molecule has 0 aromatic heterocycles. The van der Waals surface area contributed by atoms with Gasteiger partial charge in [0.25, 0.3) is 0 Å². The van der Waals surface area contributed by atoms with Gasteiger partial charge in [-0.1, -0.05) is 48.5 Å². The summed E-state index contributed by atoms with van der Waals surface area (Å²) in [5, 5.41) is 6.66. The van der Waals surface area contributed by atoms with Crippen molar-refractivity contribution in [3.63, 3.8) is 0 Å². The molecule has 1 atom stereocenters. The topological polar surface area (TPSA) is 44.4 Å². The minimum absolute atomic E-state index is 0.150. The van der Waals surface area contributed by atoms with Gasteiger partial charge in [0.15, 0.2) is 0 Å². The first-order valence-corrected chi connectivity index (χ1v) is 9.11. The van der Waals surface area contributed by atoms with E-state index < -0.39 is 0 Å². The van der Waals surface area contributed by atoms with Gasteiger partial charge in [0.1, 0.15) is 0 Å². The van der Waals surface area contributed by atoms with E-state index in [4.69, 9.17) is 0 Å². The van der Waals surface area contributed by atoms with Gasteiger partial charge in [0.05, 0.1) is 6.54 Å². The number of fused-ring (bicyclic) bond motifs is 1. The summed E-state index contributed by atoms with van der Waals surface area (Å²) in [5.74, 6) is 0.150. The molecule has 0 radical (unpaired) electrons. The average molecular weight is 337 g/mol. The lowest BCUT2D eigenvalue weighted by Gasteiger charge is -2.30. The molecule has 4 nitrogen and oxygen atoms in total. The number of para-hydroxylation sites is 1. The highest BCUT2D eigenvalue weighted by Crippen LogP contribution is 2.26. The molecule has 0 fully saturated rings. The fraction of sp³-hybridized carbons (Fsp3) is 0.381. The Morgan fingerprint density at radius 2 is 1.88 bits per heavy atom. The summed E-state index contributed by atoms with van der Waals surface area (Å²) in [6.07, 6.45) is 3.04. The second-order valence-corrected chi connectivity index (χ2v) is 6.51. The number of carbonyl (C=O) groups excluding carboxylic acids is 1. The van der Waals surface area contributed by atoms with Crippen molar-refractivity contribution in [1.82, 2.24) is 10.6 Å². The summed E-state index contributed by atoms with van der Waals surface area (Å²) in [6, 6.07) is 18.8. The molecular formula is C21H27N3O. The van der Waals surface area contributed by atoms with Crippen LogP contribution in [0.2, 0.25) is 0 Å². The third-order valence-electron chi connectivity index (χ3n) is 4.80.